The zero-order valence-electron chi connectivity index (χ0n) is 15.9. The van der Waals surface area contributed by atoms with E-state index >= 15 is 0 Å². The van der Waals surface area contributed by atoms with Gasteiger partial charge in [-0.05, 0) is 62.7 Å². The molecule has 1 aliphatic heterocycles. The highest BCUT2D eigenvalue weighted by Gasteiger charge is 2.18. The molecule has 1 aliphatic rings. The van der Waals surface area contributed by atoms with E-state index in [0.29, 0.717) is 22.8 Å². The van der Waals surface area contributed by atoms with Crippen LogP contribution in [0.25, 0.3) is 22.9 Å². The maximum atomic E-state index is 5.95. The molecule has 0 amide bonds. The van der Waals surface area contributed by atoms with Crippen LogP contribution in [0.5, 0.6) is 0 Å². The fourth-order valence-electron chi connectivity index (χ4n) is 3.57. The molecule has 3 aromatic rings. The van der Waals surface area contributed by atoms with Crippen LogP contribution >= 0.6 is 11.6 Å². The van der Waals surface area contributed by atoms with Gasteiger partial charge in [-0.15, -0.1) is 10.2 Å². The Morgan fingerprint density at radius 1 is 1.14 bits per heavy atom. The lowest BCUT2D eigenvalue weighted by molar-refractivity contribution is 0.167. The Labute approximate surface area is 169 Å². The van der Waals surface area contributed by atoms with E-state index in [1.807, 2.05) is 24.3 Å². The first-order valence-corrected chi connectivity index (χ1v) is 10.1. The first-order valence-electron chi connectivity index (χ1n) is 9.73. The molecule has 28 heavy (non-hydrogen) atoms. The second-order valence-electron chi connectivity index (χ2n) is 7.13. The number of hydrogen-bond donors (Lipinski definition) is 1. The van der Waals surface area contributed by atoms with Gasteiger partial charge >= 0.3 is 0 Å². The van der Waals surface area contributed by atoms with Crippen molar-refractivity contribution in [2.45, 2.75) is 32.2 Å². The van der Waals surface area contributed by atoms with E-state index in [9.17, 15) is 0 Å². The molecule has 0 aliphatic carbocycles. The zero-order chi connectivity index (χ0) is 19.3. The van der Waals surface area contributed by atoms with Gasteiger partial charge in [-0.25, -0.2) is 4.98 Å². The van der Waals surface area contributed by atoms with Crippen molar-refractivity contribution < 1.29 is 4.42 Å². The van der Waals surface area contributed by atoms with Crippen molar-refractivity contribution in [3.8, 4) is 22.9 Å². The number of pyridine rings is 1. The molecular weight excluding hydrogens is 374 g/mol. The number of rotatable bonds is 6. The van der Waals surface area contributed by atoms with Gasteiger partial charge in [0.15, 0.2) is 0 Å². The van der Waals surface area contributed by atoms with Crippen molar-refractivity contribution in [1.82, 2.24) is 20.1 Å². The average molecular weight is 398 g/mol. The molecule has 0 radical (unpaired) electrons. The fraction of sp³-hybridized carbons (Fsp3) is 0.381. The molecule has 4 rings (SSSR count). The van der Waals surface area contributed by atoms with Crippen molar-refractivity contribution in [2.75, 3.05) is 25.0 Å². The molecule has 0 bridgehead atoms. The summed E-state index contributed by atoms with van der Waals surface area (Å²) in [6.45, 7) is 5.30. The Morgan fingerprint density at radius 2 is 1.96 bits per heavy atom. The van der Waals surface area contributed by atoms with Gasteiger partial charge in [0.25, 0.3) is 5.89 Å². The lowest BCUT2D eigenvalue weighted by Gasteiger charge is -2.33. The number of nitrogens with zero attached hydrogens (tertiary/aromatic N) is 4. The first-order chi connectivity index (χ1) is 13.7. The highest BCUT2D eigenvalue weighted by Crippen LogP contribution is 2.28. The molecule has 3 heterocycles. The highest BCUT2D eigenvalue weighted by molar-refractivity contribution is 6.30. The monoisotopic (exact) mass is 397 g/mol. The van der Waals surface area contributed by atoms with Crippen molar-refractivity contribution in [3.63, 3.8) is 0 Å². The second kappa shape index (κ2) is 8.71. The number of likely N-dealkylation sites (tertiary alicyclic amines) is 1. The third-order valence-corrected chi connectivity index (χ3v) is 5.44. The summed E-state index contributed by atoms with van der Waals surface area (Å²) in [6.07, 6.45) is 5.67. The van der Waals surface area contributed by atoms with Crippen molar-refractivity contribution in [3.05, 3.63) is 47.6 Å². The lowest BCUT2D eigenvalue weighted by atomic mass is 10.0. The van der Waals surface area contributed by atoms with E-state index in [0.717, 1.165) is 30.0 Å². The van der Waals surface area contributed by atoms with E-state index < -0.39 is 0 Å². The van der Waals surface area contributed by atoms with Crippen molar-refractivity contribution in [2.24, 2.45) is 0 Å². The van der Waals surface area contributed by atoms with Gasteiger partial charge in [0, 0.05) is 35.9 Å². The number of nitrogens with one attached hydrogen (secondary N) is 1. The molecule has 1 saturated heterocycles. The smallest absolute Gasteiger partial charge is 0.251 e. The van der Waals surface area contributed by atoms with E-state index in [4.69, 9.17) is 16.0 Å². The third kappa shape index (κ3) is 4.34. The normalized spacial score (nSPS) is 17.6. The lowest BCUT2D eigenvalue weighted by Crippen LogP contribution is -2.40. The average Bonchev–Trinajstić information content (AvgIpc) is 3.20. The Balaban J connectivity index is 1.46. The Hall–Kier alpha value is -2.44. The van der Waals surface area contributed by atoms with Crippen LogP contribution in [0.4, 0.5) is 5.82 Å². The minimum atomic E-state index is 0.451. The standard InChI is InChI=1S/C21H24ClN5O/c1-15-5-2-3-13-27(15)14-12-24-19-18(6-4-11-23-19)21-26-25-20(28-21)16-7-9-17(22)10-8-16/h4,6-11,15H,2-3,5,12-14H2,1H3,(H,23,24)/t15-/m0/s1. The quantitative estimate of drug-likeness (QED) is 0.648. The van der Waals surface area contributed by atoms with Crippen LogP contribution in [0.2, 0.25) is 5.02 Å². The van der Waals surface area contributed by atoms with Crippen LogP contribution in [0.15, 0.2) is 47.0 Å². The summed E-state index contributed by atoms with van der Waals surface area (Å²) in [6, 6.07) is 11.8. The van der Waals surface area contributed by atoms with Crippen LogP contribution in [0.1, 0.15) is 26.2 Å². The summed E-state index contributed by atoms with van der Waals surface area (Å²) < 4.78 is 5.89. The summed E-state index contributed by atoms with van der Waals surface area (Å²) in [5.41, 5.74) is 1.64. The molecule has 1 N–H and O–H groups in total. The van der Waals surface area contributed by atoms with Crippen LogP contribution in [-0.2, 0) is 0 Å². The largest absolute Gasteiger partial charge is 0.416 e. The van der Waals surface area contributed by atoms with Gasteiger partial charge in [0.05, 0.1) is 5.56 Å². The highest BCUT2D eigenvalue weighted by atomic mass is 35.5. The number of halogens is 1. The molecule has 1 aromatic carbocycles. The molecule has 1 atom stereocenters. The van der Waals surface area contributed by atoms with Gasteiger partial charge in [-0.2, -0.15) is 0 Å². The molecular formula is C21H24ClN5O. The molecule has 1 fully saturated rings. The number of aromatic nitrogens is 3. The first kappa shape index (κ1) is 18.9. The van der Waals surface area contributed by atoms with Gasteiger partial charge in [-0.1, -0.05) is 18.0 Å². The van der Waals surface area contributed by atoms with Crippen molar-refractivity contribution in [1.29, 1.82) is 0 Å². The van der Waals surface area contributed by atoms with Gasteiger partial charge in [0.2, 0.25) is 5.89 Å². The number of anilines is 1. The molecule has 2 aromatic heterocycles. The molecule has 146 valence electrons. The maximum Gasteiger partial charge on any atom is 0.251 e. The fourth-order valence-corrected chi connectivity index (χ4v) is 3.69. The molecule has 0 saturated carbocycles. The molecule has 7 heteroatoms. The summed E-state index contributed by atoms with van der Waals surface area (Å²) in [5.74, 6) is 1.67. The number of benzene rings is 1. The minimum absolute atomic E-state index is 0.451. The van der Waals surface area contributed by atoms with Gasteiger partial charge in [0.1, 0.15) is 5.82 Å². The van der Waals surface area contributed by atoms with E-state index in [2.05, 4.69) is 32.3 Å². The van der Waals surface area contributed by atoms with Crippen LogP contribution in [0, 0.1) is 0 Å². The Morgan fingerprint density at radius 3 is 2.79 bits per heavy atom. The second-order valence-corrected chi connectivity index (χ2v) is 7.56. The number of piperidine rings is 1. The summed E-state index contributed by atoms with van der Waals surface area (Å²) >= 11 is 5.95. The van der Waals surface area contributed by atoms with Crippen LogP contribution in [0.3, 0.4) is 0 Å². The van der Waals surface area contributed by atoms with E-state index in [-0.39, 0.29) is 0 Å². The van der Waals surface area contributed by atoms with Crippen molar-refractivity contribution >= 4 is 17.4 Å². The van der Waals surface area contributed by atoms with Gasteiger partial charge in [-0.3, -0.25) is 4.90 Å². The SMILES string of the molecule is C[C@H]1CCCCN1CCNc1ncccc1-c1nnc(-c2ccc(Cl)cc2)o1. The van der Waals surface area contributed by atoms with Crippen LogP contribution < -0.4 is 5.32 Å². The third-order valence-electron chi connectivity index (χ3n) is 5.19. The topological polar surface area (TPSA) is 67.1 Å². The molecule has 0 unspecified atom stereocenters. The Bertz CT molecular complexity index is 911. The Kier molecular flexibility index (Phi) is 5.88. The summed E-state index contributed by atoms with van der Waals surface area (Å²) in [7, 11) is 0. The molecule has 0 spiro atoms. The van der Waals surface area contributed by atoms with E-state index in [1.54, 1.807) is 18.3 Å². The van der Waals surface area contributed by atoms with E-state index in [1.165, 1.54) is 25.8 Å². The molecule has 6 nitrogen and oxygen atoms in total. The maximum absolute atomic E-state index is 5.95. The predicted octanol–water partition coefficient (Wildman–Crippen LogP) is 4.74. The zero-order valence-corrected chi connectivity index (χ0v) is 16.7. The minimum Gasteiger partial charge on any atom is -0.416 e. The van der Waals surface area contributed by atoms with Crippen LogP contribution in [-0.4, -0.2) is 45.8 Å². The summed E-state index contributed by atoms with van der Waals surface area (Å²) in [5, 5.41) is 12.5. The summed E-state index contributed by atoms with van der Waals surface area (Å²) in [4.78, 5) is 7.01. The number of hydrogen-bond acceptors (Lipinski definition) is 6. The van der Waals surface area contributed by atoms with Gasteiger partial charge < -0.3 is 9.73 Å². The predicted molar refractivity (Wildman–Crippen MR) is 111 cm³/mol.